The summed E-state index contributed by atoms with van der Waals surface area (Å²) in [7, 11) is 0. The molecule has 1 atom stereocenters. The number of amides is 1. The van der Waals surface area contributed by atoms with Crippen molar-refractivity contribution in [2.45, 2.75) is 19.9 Å². The summed E-state index contributed by atoms with van der Waals surface area (Å²) in [5, 5.41) is 0. The fourth-order valence-electron chi connectivity index (χ4n) is 4.34. The van der Waals surface area contributed by atoms with Gasteiger partial charge >= 0.3 is 0 Å². The van der Waals surface area contributed by atoms with E-state index in [0.717, 1.165) is 40.5 Å². The van der Waals surface area contributed by atoms with Gasteiger partial charge in [0.2, 0.25) is 0 Å². The van der Waals surface area contributed by atoms with Crippen LogP contribution in [0.15, 0.2) is 65.7 Å². The molecule has 1 saturated heterocycles. The van der Waals surface area contributed by atoms with Crippen LogP contribution in [0.4, 0.5) is 14.5 Å². The quantitative estimate of drug-likeness (QED) is 0.508. The largest absolute Gasteiger partial charge is 0.454 e. The molecule has 0 spiro atoms. The maximum absolute atomic E-state index is 14.2. The number of aliphatic imine (C=N–C) groups is 1. The first-order valence-electron chi connectivity index (χ1n) is 10.9. The van der Waals surface area contributed by atoms with Crippen LogP contribution >= 0.6 is 0 Å². The van der Waals surface area contributed by atoms with Crippen LogP contribution in [-0.2, 0) is 0 Å². The Morgan fingerprint density at radius 3 is 2.64 bits per heavy atom. The van der Waals surface area contributed by atoms with E-state index in [9.17, 15) is 13.6 Å². The number of para-hydroxylation sites is 1. The molecule has 2 aliphatic heterocycles. The molecule has 0 radical (unpaired) electrons. The van der Waals surface area contributed by atoms with E-state index < -0.39 is 17.5 Å². The summed E-state index contributed by atoms with van der Waals surface area (Å²) < 4.78 is 33.7. The molecule has 5 nitrogen and oxygen atoms in total. The smallest absolute Gasteiger partial charge is 0.257 e. The van der Waals surface area contributed by atoms with Crippen molar-refractivity contribution >= 4 is 17.4 Å². The van der Waals surface area contributed by atoms with Gasteiger partial charge in [-0.15, -0.1) is 0 Å². The van der Waals surface area contributed by atoms with Crippen LogP contribution in [0, 0.1) is 18.6 Å². The van der Waals surface area contributed by atoms with E-state index >= 15 is 0 Å². The Morgan fingerprint density at radius 2 is 1.85 bits per heavy atom. The van der Waals surface area contributed by atoms with Gasteiger partial charge < -0.3 is 14.5 Å². The minimum absolute atomic E-state index is 0.119. The number of benzene rings is 3. The molecule has 1 fully saturated rings. The standard InChI is InChI=1S/C26H23F2N3O2/c1-16-7-10-22-24(13-16)33-23-6-4-3-5-20(23)25(29-22)30-11-12-31(17(2)15-30)26(32)19-9-8-18(27)14-21(19)28/h3-10,13-14,17H,11-12,15H2,1-2H3/t17-/m0/s1. The summed E-state index contributed by atoms with van der Waals surface area (Å²) in [6, 6.07) is 16.5. The van der Waals surface area contributed by atoms with Gasteiger partial charge in [0.1, 0.15) is 28.9 Å². The normalized spacial score (nSPS) is 17.5. The van der Waals surface area contributed by atoms with Gasteiger partial charge in [-0.1, -0.05) is 18.2 Å². The van der Waals surface area contributed by atoms with Crippen molar-refractivity contribution in [3.8, 4) is 11.5 Å². The van der Waals surface area contributed by atoms with E-state index in [4.69, 9.17) is 9.73 Å². The number of hydrogen-bond donors (Lipinski definition) is 0. The Labute approximate surface area is 190 Å². The lowest BCUT2D eigenvalue weighted by molar-refractivity contribution is 0.0576. The van der Waals surface area contributed by atoms with Crippen LogP contribution in [-0.4, -0.2) is 47.2 Å². The zero-order chi connectivity index (χ0) is 23.1. The third-order valence-corrected chi connectivity index (χ3v) is 6.04. The predicted molar refractivity (Wildman–Crippen MR) is 122 cm³/mol. The van der Waals surface area contributed by atoms with Gasteiger partial charge in [-0.05, 0) is 55.8 Å². The van der Waals surface area contributed by atoms with E-state index in [2.05, 4.69) is 4.90 Å². The minimum atomic E-state index is -0.847. The summed E-state index contributed by atoms with van der Waals surface area (Å²) in [6.07, 6.45) is 0. The molecule has 3 aromatic rings. The van der Waals surface area contributed by atoms with E-state index in [1.54, 1.807) is 4.90 Å². The van der Waals surface area contributed by atoms with Crippen molar-refractivity contribution in [2.24, 2.45) is 4.99 Å². The van der Waals surface area contributed by atoms with Crippen molar-refractivity contribution in [1.29, 1.82) is 0 Å². The summed E-state index contributed by atoms with van der Waals surface area (Å²) in [4.78, 5) is 21.7. The van der Waals surface area contributed by atoms with Crippen molar-refractivity contribution in [1.82, 2.24) is 9.80 Å². The monoisotopic (exact) mass is 447 g/mol. The third kappa shape index (κ3) is 3.95. The molecule has 0 N–H and O–H groups in total. The molecular weight excluding hydrogens is 424 g/mol. The lowest BCUT2D eigenvalue weighted by Gasteiger charge is -2.41. The van der Waals surface area contributed by atoms with Crippen LogP contribution in [0.5, 0.6) is 11.5 Å². The Bertz CT molecular complexity index is 1270. The molecule has 0 aromatic heterocycles. The van der Waals surface area contributed by atoms with Gasteiger partial charge in [0, 0.05) is 31.7 Å². The number of fused-ring (bicyclic) bond motifs is 2. The van der Waals surface area contributed by atoms with Crippen LogP contribution in [0.25, 0.3) is 0 Å². The van der Waals surface area contributed by atoms with Crippen LogP contribution < -0.4 is 4.74 Å². The zero-order valence-corrected chi connectivity index (χ0v) is 18.4. The fourth-order valence-corrected chi connectivity index (χ4v) is 4.34. The topological polar surface area (TPSA) is 45.1 Å². The molecule has 0 saturated carbocycles. The Morgan fingerprint density at radius 1 is 1.03 bits per heavy atom. The second-order valence-corrected chi connectivity index (χ2v) is 8.42. The van der Waals surface area contributed by atoms with E-state index in [-0.39, 0.29) is 11.6 Å². The minimum Gasteiger partial charge on any atom is -0.454 e. The maximum Gasteiger partial charge on any atom is 0.257 e. The van der Waals surface area contributed by atoms with Crippen LogP contribution in [0.2, 0.25) is 0 Å². The molecule has 33 heavy (non-hydrogen) atoms. The first-order valence-corrected chi connectivity index (χ1v) is 10.9. The average molecular weight is 447 g/mol. The molecule has 0 unspecified atom stereocenters. The van der Waals surface area contributed by atoms with E-state index in [0.29, 0.717) is 25.4 Å². The van der Waals surface area contributed by atoms with Crippen LogP contribution in [0.3, 0.4) is 0 Å². The highest BCUT2D eigenvalue weighted by atomic mass is 19.1. The molecule has 5 rings (SSSR count). The first-order chi connectivity index (χ1) is 15.9. The number of rotatable bonds is 1. The maximum atomic E-state index is 14.2. The fraction of sp³-hybridized carbons (Fsp3) is 0.231. The molecular formula is C26H23F2N3O2. The SMILES string of the molecule is Cc1ccc2c(c1)Oc1ccccc1C(N1CCN(C(=O)c3ccc(F)cc3F)[C@@H](C)C1)=N2. The Kier molecular flexibility index (Phi) is 5.32. The highest BCUT2D eigenvalue weighted by Gasteiger charge is 2.32. The first kappa shape index (κ1) is 21.1. The van der Waals surface area contributed by atoms with Crippen molar-refractivity contribution in [3.05, 3.63) is 89.0 Å². The molecule has 2 heterocycles. The van der Waals surface area contributed by atoms with Crippen molar-refractivity contribution < 1.29 is 18.3 Å². The molecule has 3 aromatic carbocycles. The molecule has 1 amide bonds. The Balaban J connectivity index is 1.45. The number of halogens is 2. The Hall–Kier alpha value is -3.74. The number of amidine groups is 1. The summed E-state index contributed by atoms with van der Waals surface area (Å²) in [5.41, 5.74) is 2.58. The predicted octanol–water partition coefficient (Wildman–Crippen LogP) is 5.30. The van der Waals surface area contributed by atoms with Crippen molar-refractivity contribution in [3.63, 3.8) is 0 Å². The zero-order valence-electron chi connectivity index (χ0n) is 18.4. The second kappa shape index (κ2) is 8.31. The molecule has 7 heteroatoms. The van der Waals surface area contributed by atoms with Gasteiger partial charge in [-0.25, -0.2) is 13.8 Å². The number of carbonyl (C=O) groups excluding carboxylic acids is 1. The number of aryl methyl sites for hydroxylation is 1. The summed E-state index contributed by atoms with van der Waals surface area (Å²) in [5.74, 6) is 0.212. The summed E-state index contributed by atoms with van der Waals surface area (Å²) >= 11 is 0. The third-order valence-electron chi connectivity index (χ3n) is 6.04. The molecule has 2 aliphatic rings. The second-order valence-electron chi connectivity index (χ2n) is 8.42. The average Bonchev–Trinajstić information content (AvgIpc) is 2.95. The van der Waals surface area contributed by atoms with Gasteiger partial charge in [-0.3, -0.25) is 4.79 Å². The van der Waals surface area contributed by atoms with E-state index in [1.165, 1.54) is 6.07 Å². The molecule has 168 valence electrons. The lowest BCUT2D eigenvalue weighted by atomic mass is 10.1. The van der Waals surface area contributed by atoms with Gasteiger partial charge in [0.15, 0.2) is 5.75 Å². The van der Waals surface area contributed by atoms with Crippen LogP contribution in [0.1, 0.15) is 28.4 Å². The summed E-state index contributed by atoms with van der Waals surface area (Å²) in [6.45, 7) is 5.35. The van der Waals surface area contributed by atoms with Gasteiger partial charge in [0.25, 0.3) is 5.91 Å². The number of carbonyl (C=O) groups is 1. The van der Waals surface area contributed by atoms with E-state index in [1.807, 2.05) is 56.3 Å². The number of hydrogen-bond acceptors (Lipinski definition) is 4. The number of nitrogens with zero attached hydrogens (tertiary/aromatic N) is 3. The molecule has 0 bridgehead atoms. The molecule has 0 aliphatic carbocycles. The highest BCUT2D eigenvalue weighted by molar-refractivity contribution is 6.04. The van der Waals surface area contributed by atoms with Gasteiger partial charge in [0.05, 0.1) is 11.1 Å². The van der Waals surface area contributed by atoms with Crippen molar-refractivity contribution in [2.75, 3.05) is 19.6 Å². The van der Waals surface area contributed by atoms with Gasteiger partial charge in [-0.2, -0.15) is 0 Å². The lowest BCUT2D eigenvalue weighted by Crippen LogP contribution is -2.55. The highest BCUT2D eigenvalue weighted by Crippen LogP contribution is 2.39. The number of piperazine rings is 1. The number of ether oxygens (including phenoxy) is 1.